The molecule has 7 nitrogen and oxygen atoms in total. The fourth-order valence-corrected chi connectivity index (χ4v) is 4.29. The van der Waals surface area contributed by atoms with Crippen molar-refractivity contribution < 1.29 is 18.3 Å². The molecule has 0 spiro atoms. The third-order valence-corrected chi connectivity index (χ3v) is 5.81. The summed E-state index contributed by atoms with van der Waals surface area (Å²) in [6.45, 7) is 1.84. The van der Waals surface area contributed by atoms with Gasteiger partial charge in [-0.2, -0.15) is 5.10 Å². The SMILES string of the molecule is COc1ccc(O)c(S(=O)(=O)Nc2cnn(C3CCCC3)c2C)c1. The normalized spacial score (nSPS) is 15.6. The van der Waals surface area contributed by atoms with Crippen molar-refractivity contribution in [3.63, 3.8) is 0 Å². The second-order valence-electron chi connectivity index (χ2n) is 5.97. The number of rotatable bonds is 5. The molecule has 2 aromatic rings. The third kappa shape index (κ3) is 3.06. The summed E-state index contributed by atoms with van der Waals surface area (Å²) in [6.07, 6.45) is 5.98. The average Bonchev–Trinajstić information content (AvgIpc) is 3.18. The molecule has 1 fully saturated rings. The van der Waals surface area contributed by atoms with Crippen LogP contribution in [0.2, 0.25) is 0 Å². The molecule has 1 saturated carbocycles. The van der Waals surface area contributed by atoms with Crippen LogP contribution in [0.25, 0.3) is 0 Å². The minimum Gasteiger partial charge on any atom is -0.507 e. The van der Waals surface area contributed by atoms with E-state index >= 15 is 0 Å². The van der Waals surface area contributed by atoms with E-state index in [2.05, 4.69) is 9.82 Å². The number of anilines is 1. The molecule has 1 heterocycles. The van der Waals surface area contributed by atoms with Crippen molar-refractivity contribution in [1.29, 1.82) is 0 Å². The zero-order valence-corrected chi connectivity index (χ0v) is 14.5. The monoisotopic (exact) mass is 351 g/mol. The van der Waals surface area contributed by atoms with Crippen molar-refractivity contribution >= 4 is 15.7 Å². The Bertz CT molecular complexity index is 839. The standard InChI is InChI=1S/C16H21N3O4S/c1-11-14(10-17-19(11)12-5-3-4-6-12)18-24(21,22)16-9-13(23-2)7-8-15(16)20/h7-10,12,18,20H,3-6H2,1-2H3. The van der Waals surface area contributed by atoms with E-state index < -0.39 is 10.0 Å². The van der Waals surface area contributed by atoms with E-state index in [0.717, 1.165) is 18.5 Å². The van der Waals surface area contributed by atoms with E-state index in [1.165, 1.54) is 44.3 Å². The topological polar surface area (TPSA) is 93.4 Å². The molecule has 1 aliphatic rings. The molecule has 24 heavy (non-hydrogen) atoms. The summed E-state index contributed by atoms with van der Waals surface area (Å²) in [7, 11) is -2.51. The molecular formula is C16H21N3O4S. The van der Waals surface area contributed by atoms with Gasteiger partial charge >= 0.3 is 0 Å². The molecule has 0 amide bonds. The predicted molar refractivity (Wildman–Crippen MR) is 89.9 cm³/mol. The zero-order chi connectivity index (χ0) is 17.3. The number of hydrogen-bond acceptors (Lipinski definition) is 5. The molecule has 0 unspecified atom stereocenters. The highest BCUT2D eigenvalue weighted by molar-refractivity contribution is 7.92. The Morgan fingerprint density at radius 3 is 2.71 bits per heavy atom. The Hall–Kier alpha value is -2.22. The number of nitrogens with one attached hydrogen (secondary N) is 1. The first kappa shape index (κ1) is 16.6. The van der Waals surface area contributed by atoms with Crippen LogP contribution in [0.4, 0.5) is 5.69 Å². The van der Waals surface area contributed by atoms with Gasteiger partial charge in [-0.15, -0.1) is 0 Å². The number of methoxy groups -OCH3 is 1. The van der Waals surface area contributed by atoms with Crippen molar-refractivity contribution in [2.24, 2.45) is 0 Å². The summed E-state index contributed by atoms with van der Waals surface area (Å²) in [4.78, 5) is -0.227. The second kappa shape index (κ2) is 6.35. The molecule has 3 rings (SSSR count). The molecule has 1 aromatic carbocycles. The maximum Gasteiger partial charge on any atom is 0.265 e. The summed E-state index contributed by atoms with van der Waals surface area (Å²) in [5, 5.41) is 14.2. The molecular weight excluding hydrogens is 330 g/mol. The lowest BCUT2D eigenvalue weighted by Crippen LogP contribution is -2.14. The number of hydrogen-bond donors (Lipinski definition) is 2. The predicted octanol–water partition coefficient (Wildman–Crippen LogP) is 2.82. The summed E-state index contributed by atoms with van der Waals surface area (Å²) in [6, 6.07) is 4.40. The number of ether oxygens (including phenoxy) is 1. The van der Waals surface area contributed by atoms with Crippen molar-refractivity contribution in [2.75, 3.05) is 11.8 Å². The van der Waals surface area contributed by atoms with Crippen LogP contribution in [-0.4, -0.2) is 30.4 Å². The van der Waals surface area contributed by atoms with Crippen LogP contribution < -0.4 is 9.46 Å². The quantitative estimate of drug-likeness (QED) is 0.864. The maximum absolute atomic E-state index is 12.6. The van der Waals surface area contributed by atoms with Gasteiger partial charge in [0.1, 0.15) is 16.4 Å². The van der Waals surface area contributed by atoms with Gasteiger partial charge in [0.15, 0.2) is 0 Å². The zero-order valence-electron chi connectivity index (χ0n) is 13.7. The van der Waals surface area contributed by atoms with Gasteiger partial charge in [-0.1, -0.05) is 12.8 Å². The van der Waals surface area contributed by atoms with Crippen LogP contribution in [0, 0.1) is 6.92 Å². The first-order chi connectivity index (χ1) is 11.4. The third-order valence-electron chi connectivity index (χ3n) is 4.42. The first-order valence-electron chi connectivity index (χ1n) is 7.86. The molecule has 2 N–H and O–H groups in total. The summed E-state index contributed by atoms with van der Waals surface area (Å²) < 4.78 is 34.6. The van der Waals surface area contributed by atoms with Gasteiger partial charge in [0, 0.05) is 6.07 Å². The van der Waals surface area contributed by atoms with Crippen LogP contribution in [0.3, 0.4) is 0 Å². The Balaban J connectivity index is 1.90. The Labute approximate surface area is 141 Å². The number of benzene rings is 1. The fraction of sp³-hybridized carbons (Fsp3) is 0.438. The largest absolute Gasteiger partial charge is 0.507 e. The fourth-order valence-electron chi connectivity index (χ4n) is 3.08. The summed E-state index contributed by atoms with van der Waals surface area (Å²) >= 11 is 0. The van der Waals surface area contributed by atoms with E-state index in [9.17, 15) is 13.5 Å². The van der Waals surface area contributed by atoms with Crippen LogP contribution in [0.1, 0.15) is 37.4 Å². The highest BCUT2D eigenvalue weighted by atomic mass is 32.2. The van der Waals surface area contributed by atoms with E-state index in [-0.39, 0.29) is 10.6 Å². The molecule has 1 aliphatic carbocycles. The Morgan fingerprint density at radius 1 is 1.33 bits per heavy atom. The van der Waals surface area contributed by atoms with E-state index in [1.54, 1.807) is 0 Å². The van der Waals surface area contributed by atoms with Crippen molar-refractivity contribution in [3.05, 3.63) is 30.1 Å². The van der Waals surface area contributed by atoms with Crippen LogP contribution in [0.5, 0.6) is 11.5 Å². The van der Waals surface area contributed by atoms with Gasteiger partial charge < -0.3 is 9.84 Å². The summed E-state index contributed by atoms with van der Waals surface area (Å²) in [5.74, 6) is 0.0238. The lowest BCUT2D eigenvalue weighted by Gasteiger charge is -2.13. The van der Waals surface area contributed by atoms with Gasteiger partial charge in [-0.05, 0) is 31.9 Å². The molecule has 0 bridgehead atoms. The van der Waals surface area contributed by atoms with E-state index in [4.69, 9.17) is 4.74 Å². The molecule has 8 heteroatoms. The number of nitrogens with zero attached hydrogens (tertiary/aromatic N) is 2. The van der Waals surface area contributed by atoms with Gasteiger partial charge in [-0.3, -0.25) is 9.40 Å². The highest BCUT2D eigenvalue weighted by Crippen LogP contribution is 2.33. The van der Waals surface area contributed by atoms with Gasteiger partial charge in [0.05, 0.1) is 30.7 Å². The van der Waals surface area contributed by atoms with E-state index in [1.807, 2.05) is 11.6 Å². The van der Waals surface area contributed by atoms with Crippen molar-refractivity contribution in [2.45, 2.75) is 43.5 Å². The minimum absolute atomic E-state index is 0.227. The molecule has 1 aromatic heterocycles. The molecule has 0 aliphatic heterocycles. The second-order valence-corrected chi connectivity index (χ2v) is 7.62. The number of sulfonamides is 1. The summed E-state index contributed by atoms with van der Waals surface area (Å²) in [5.41, 5.74) is 1.19. The first-order valence-corrected chi connectivity index (χ1v) is 9.34. The van der Waals surface area contributed by atoms with Gasteiger partial charge in [0.25, 0.3) is 10.0 Å². The maximum atomic E-state index is 12.6. The Kier molecular flexibility index (Phi) is 4.40. The lowest BCUT2D eigenvalue weighted by molar-refractivity contribution is 0.408. The van der Waals surface area contributed by atoms with Crippen LogP contribution in [0.15, 0.2) is 29.3 Å². The van der Waals surface area contributed by atoms with E-state index in [0.29, 0.717) is 17.5 Å². The number of phenolic OH excluding ortho intramolecular Hbond substituents is 1. The highest BCUT2D eigenvalue weighted by Gasteiger charge is 2.24. The number of aromatic hydroxyl groups is 1. The molecule has 130 valence electrons. The number of aromatic nitrogens is 2. The van der Waals surface area contributed by atoms with Crippen molar-refractivity contribution in [3.8, 4) is 11.5 Å². The van der Waals surface area contributed by atoms with Crippen LogP contribution in [-0.2, 0) is 10.0 Å². The van der Waals surface area contributed by atoms with Gasteiger partial charge in [-0.25, -0.2) is 8.42 Å². The smallest absolute Gasteiger partial charge is 0.265 e. The Morgan fingerprint density at radius 2 is 2.04 bits per heavy atom. The molecule has 0 atom stereocenters. The average molecular weight is 351 g/mol. The lowest BCUT2D eigenvalue weighted by atomic mass is 10.2. The molecule has 0 saturated heterocycles. The molecule has 0 radical (unpaired) electrons. The minimum atomic E-state index is -3.94. The van der Waals surface area contributed by atoms with Gasteiger partial charge in [0.2, 0.25) is 0 Å². The number of phenols is 1. The van der Waals surface area contributed by atoms with Crippen molar-refractivity contribution in [1.82, 2.24) is 9.78 Å². The van der Waals surface area contributed by atoms with Crippen LogP contribution >= 0.6 is 0 Å².